The summed E-state index contributed by atoms with van der Waals surface area (Å²) in [5.74, 6) is 1.59. The maximum atomic E-state index is 14.4. The number of hydrogen-bond acceptors (Lipinski definition) is 1. The molecule has 2 aromatic carbocycles. The minimum absolute atomic E-state index is 0.340. The Balaban J connectivity index is 1.50. The van der Waals surface area contributed by atoms with Gasteiger partial charge in [-0.1, -0.05) is 50.8 Å². The van der Waals surface area contributed by atoms with Crippen molar-refractivity contribution in [3.8, 4) is 6.07 Å². The summed E-state index contributed by atoms with van der Waals surface area (Å²) in [6.45, 7) is 2.28. The second-order valence-electron chi connectivity index (χ2n) is 8.99. The maximum Gasteiger partial charge on any atom is 0.151 e. The van der Waals surface area contributed by atoms with E-state index in [1.54, 1.807) is 12.1 Å². The minimum atomic E-state index is -0.765. The first-order valence-corrected chi connectivity index (χ1v) is 10.9. The second-order valence-corrected chi connectivity index (χ2v) is 8.99. The summed E-state index contributed by atoms with van der Waals surface area (Å²) in [6.07, 6.45) is 11.8. The van der Waals surface area contributed by atoms with E-state index in [1.165, 1.54) is 69.4 Å². The van der Waals surface area contributed by atoms with Crippen LogP contribution in [0.5, 0.6) is 0 Å². The predicted octanol–water partition coefficient (Wildman–Crippen LogP) is 7.48. The van der Waals surface area contributed by atoms with Crippen LogP contribution in [0.2, 0.25) is 0 Å². The zero-order valence-corrected chi connectivity index (χ0v) is 16.7. The van der Waals surface area contributed by atoms with Crippen LogP contribution in [0, 0.1) is 40.7 Å². The fraction of sp³-hybridized carbons (Fsp3) is 0.560. The number of fused-ring (bicyclic) bond motifs is 2. The molecule has 4 rings (SSSR count). The Bertz CT molecular complexity index is 898. The van der Waals surface area contributed by atoms with Crippen molar-refractivity contribution in [1.29, 1.82) is 5.26 Å². The zero-order chi connectivity index (χ0) is 19.7. The molecule has 0 bridgehead atoms. The van der Waals surface area contributed by atoms with Gasteiger partial charge in [-0.05, 0) is 72.8 Å². The summed E-state index contributed by atoms with van der Waals surface area (Å²) >= 11 is 0. The van der Waals surface area contributed by atoms with Crippen molar-refractivity contribution in [2.75, 3.05) is 0 Å². The van der Waals surface area contributed by atoms with Crippen LogP contribution < -0.4 is 0 Å². The molecule has 0 saturated heterocycles. The topological polar surface area (TPSA) is 23.8 Å². The molecule has 2 fully saturated rings. The number of rotatable bonds is 4. The lowest BCUT2D eigenvalue weighted by molar-refractivity contribution is 0.113. The quantitative estimate of drug-likeness (QED) is 0.538. The number of unbranched alkanes of at least 4 members (excludes halogenated alkanes) is 1. The molecule has 2 aromatic rings. The van der Waals surface area contributed by atoms with E-state index in [0.717, 1.165) is 17.8 Å². The molecule has 0 amide bonds. The third-order valence-corrected chi connectivity index (χ3v) is 7.32. The first kappa shape index (κ1) is 19.4. The van der Waals surface area contributed by atoms with Gasteiger partial charge < -0.3 is 0 Å². The Morgan fingerprint density at radius 2 is 1.82 bits per heavy atom. The van der Waals surface area contributed by atoms with Crippen LogP contribution >= 0.6 is 0 Å². The lowest BCUT2D eigenvalue weighted by atomic mass is 9.63. The van der Waals surface area contributed by atoms with Gasteiger partial charge in [0.15, 0.2) is 5.82 Å². The molecule has 0 aliphatic heterocycles. The van der Waals surface area contributed by atoms with Crippen LogP contribution in [0.25, 0.3) is 10.8 Å². The monoisotopic (exact) mass is 381 g/mol. The Labute approximate surface area is 166 Å². The van der Waals surface area contributed by atoms with Crippen LogP contribution in [0.4, 0.5) is 8.78 Å². The highest BCUT2D eigenvalue weighted by molar-refractivity contribution is 5.85. The van der Waals surface area contributed by atoms with Crippen LogP contribution in [0.15, 0.2) is 24.3 Å². The molecule has 0 aromatic heterocycles. The Morgan fingerprint density at radius 3 is 2.61 bits per heavy atom. The largest absolute Gasteiger partial charge is 0.205 e. The predicted molar refractivity (Wildman–Crippen MR) is 109 cm³/mol. The van der Waals surface area contributed by atoms with Gasteiger partial charge in [0, 0.05) is 5.39 Å². The molecule has 4 atom stereocenters. The van der Waals surface area contributed by atoms with Crippen molar-refractivity contribution >= 4 is 10.8 Å². The van der Waals surface area contributed by atoms with Gasteiger partial charge in [0.05, 0.1) is 0 Å². The highest BCUT2D eigenvalue weighted by atomic mass is 19.1. The molecule has 3 heteroatoms. The summed E-state index contributed by atoms with van der Waals surface area (Å²) in [6, 6.07) is 8.61. The summed E-state index contributed by atoms with van der Waals surface area (Å²) in [5.41, 5.74) is 0.711. The first-order chi connectivity index (χ1) is 13.6. The van der Waals surface area contributed by atoms with Crippen molar-refractivity contribution in [3.05, 3.63) is 47.0 Å². The smallest absolute Gasteiger partial charge is 0.151 e. The number of hydrogen-bond donors (Lipinski definition) is 0. The molecule has 1 nitrogen and oxygen atoms in total. The Hall–Kier alpha value is -1.95. The number of halogens is 2. The van der Waals surface area contributed by atoms with Crippen molar-refractivity contribution < 1.29 is 8.78 Å². The molecule has 2 unspecified atom stereocenters. The Kier molecular flexibility index (Phi) is 5.67. The van der Waals surface area contributed by atoms with Gasteiger partial charge in [0.1, 0.15) is 17.4 Å². The first-order valence-electron chi connectivity index (χ1n) is 10.9. The molecule has 0 spiro atoms. The molecular weight excluding hydrogens is 352 g/mol. The highest BCUT2D eigenvalue weighted by Crippen LogP contribution is 2.48. The van der Waals surface area contributed by atoms with Gasteiger partial charge in [0.25, 0.3) is 0 Å². The molecule has 148 valence electrons. The van der Waals surface area contributed by atoms with Gasteiger partial charge in [0.2, 0.25) is 0 Å². The summed E-state index contributed by atoms with van der Waals surface area (Å²) in [7, 11) is 0. The van der Waals surface area contributed by atoms with Crippen LogP contribution in [-0.2, 0) is 0 Å². The molecule has 28 heavy (non-hydrogen) atoms. The molecule has 2 aliphatic carbocycles. The summed E-state index contributed by atoms with van der Waals surface area (Å²) < 4.78 is 28.4. The fourth-order valence-electron chi connectivity index (χ4n) is 5.75. The molecule has 0 heterocycles. The third kappa shape index (κ3) is 3.66. The molecule has 0 radical (unpaired) electrons. The zero-order valence-electron chi connectivity index (χ0n) is 16.7. The van der Waals surface area contributed by atoms with Crippen LogP contribution in [0.3, 0.4) is 0 Å². The summed E-state index contributed by atoms with van der Waals surface area (Å²) in [4.78, 5) is 0. The van der Waals surface area contributed by atoms with Crippen molar-refractivity contribution in [1.82, 2.24) is 0 Å². The molecule has 2 saturated carbocycles. The van der Waals surface area contributed by atoms with Crippen LogP contribution in [-0.4, -0.2) is 0 Å². The average Bonchev–Trinajstić information content (AvgIpc) is 2.71. The minimum Gasteiger partial charge on any atom is -0.205 e. The van der Waals surface area contributed by atoms with E-state index in [9.17, 15) is 8.78 Å². The van der Waals surface area contributed by atoms with E-state index in [-0.39, 0.29) is 0 Å². The molecule has 0 N–H and O–H groups in total. The van der Waals surface area contributed by atoms with Crippen molar-refractivity contribution in [2.24, 2.45) is 17.8 Å². The van der Waals surface area contributed by atoms with E-state index >= 15 is 0 Å². The van der Waals surface area contributed by atoms with Crippen molar-refractivity contribution in [2.45, 2.75) is 70.6 Å². The number of nitrogens with zero attached hydrogens (tertiary/aromatic N) is 1. The summed E-state index contributed by atoms with van der Waals surface area (Å²) in [5, 5.41) is 9.87. The standard InChI is InChI=1S/C25H29F2N/c1-2-3-4-16-5-6-18-12-19(8-7-17(18)11-16)20-9-10-22-21(13-20)14-24(26)23(15-28)25(22)27/h9-10,13-14,16-19H,2-8,11-12H2,1H3/t16-,17?,18-,19?/m1/s1. The van der Waals surface area contributed by atoms with E-state index in [0.29, 0.717) is 16.7 Å². The van der Waals surface area contributed by atoms with Crippen molar-refractivity contribution in [3.63, 3.8) is 0 Å². The average molecular weight is 382 g/mol. The van der Waals surface area contributed by atoms with E-state index in [4.69, 9.17) is 5.26 Å². The van der Waals surface area contributed by atoms with E-state index in [2.05, 4.69) is 6.92 Å². The van der Waals surface area contributed by atoms with Gasteiger partial charge in [-0.3, -0.25) is 0 Å². The highest BCUT2D eigenvalue weighted by Gasteiger charge is 2.35. The number of nitriles is 1. The molecule has 2 aliphatic rings. The molecular formula is C25H29F2N. The van der Waals surface area contributed by atoms with Gasteiger partial charge in [-0.15, -0.1) is 0 Å². The third-order valence-electron chi connectivity index (χ3n) is 7.32. The Morgan fingerprint density at radius 1 is 1.04 bits per heavy atom. The van der Waals surface area contributed by atoms with E-state index in [1.807, 2.05) is 12.1 Å². The van der Waals surface area contributed by atoms with Crippen LogP contribution in [0.1, 0.15) is 81.8 Å². The number of benzene rings is 2. The normalized spacial score (nSPS) is 27.4. The van der Waals surface area contributed by atoms with Gasteiger partial charge in [-0.25, -0.2) is 8.78 Å². The lowest BCUT2D eigenvalue weighted by Gasteiger charge is -2.42. The van der Waals surface area contributed by atoms with Gasteiger partial charge in [-0.2, -0.15) is 5.26 Å². The lowest BCUT2D eigenvalue weighted by Crippen LogP contribution is -2.30. The van der Waals surface area contributed by atoms with E-state index < -0.39 is 17.2 Å². The fourth-order valence-corrected chi connectivity index (χ4v) is 5.75. The maximum absolute atomic E-state index is 14.4. The SMILES string of the molecule is CCCC[C@@H]1CC[C@@H]2CC(c3ccc4c(F)c(C#N)c(F)cc4c3)CCC2C1. The van der Waals surface area contributed by atoms with Gasteiger partial charge >= 0.3 is 0 Å². The second kappa shape index (κ2) is 8.19.